The van der Waals surface area contributed by atoms with Gasteiger partial charge >= 0.3 is 142 Å². The van der Waals surface area contributed by atoms with Gasteiger partial charge in [0, 0.05) is 18.3 Å². The van der Waals surface area contributed by atoms with Crippen LogP contribution in [0.3, 0.4) is 0 Å². The van der Waals surface area contributed by atoms with Crippen LogP contribution in [0.1, 0.15) is 6.23 Å². The van der Waals surface area contributed by atoms with Crippen LogP contribution in [0, 0.1) is 0 Å². The van der Waals surface area contributed by atoms with Crippen molar-refractivity contribution < 1.29 is 60.4 Å². The van der Waals surface area contributed by atoms with Crippen molar-refractivity contribution in [3.8, 4) is 0 Å². The van der Waals surface area contributed by atoms with Crippen molar-refractivity contribution in [1.29, 1.82) is 0 Å². The monoisotopic (exact) mass is 649 g/mol. The van der Waals surface area contributed by atoms with Crippen LogP contribution >= 0.6 is 35.5 Å². The minimum atomic E-state index is -5.62. The molecule has 3 heterocycles. The summed E-state index contributed by atoms with van der Waals surface area (Å²) < 4.78 is 58.1. The molecule has 0 saturated carbocycles. The third-order valence-corrected chi connectivity index (χ3v) is 9.11. The van der Waals surface area contributed by atoms with Crippen LogP contribution < -0.4 is 5.73 Å². The molecule has 0 spiro atoms. The van der Waals surface area contributed by atoms with Crippen molar-refractivity contribution >= 4 is 171 Å². The summed E-state index contributed by atoms with van der Waals surface area (Å²) in [5, 5.41) is 20.5. The van der Waals surface area contributed by atoms with E-state index in [4.69, 9.17) is 10.5 Å². The summed E-state index contributed by atoms with van der Waals surface area (Å²) in [4.78, 5) is 40.0. The molecule has 2 aromatic rings. The van der Waals surface area contributed by atoms with E-state index in [1.165, 1.54) is 17.2 Å². The summed E-state index contributed by atoms with van der Waals surface area (Å²) >= 11 is 0.317. The van der Waals surface area contributed by atoms with Crippen LogP contribution in [-0.2, 0) is 35.5 Å². The molecule has 7 atom stereocenters. The SMILES string of the molecule is CSOP(=O)(O)OP(=O)(O)OP(=O)(O)OC[C@H]1O[C@@H](n2cnc3c(N)ncnc32)[C@H](O)[C@@H]1O.[NaH].[NaH].[NaH].[NaH]. The van der Waals surface area contributed by atoms with Crippen molar-refractivity contribution in [2.75, 3.05) is 18.6 Å². The quantitative estimate of drug-likeness (QED) is 0.0855. The van der Waals surface area contributed by atoms with Gasteiger partial charge in [-0.05, 0) is 0 Å². The van der Waals surface area contributed by atoms with E-state index in [-0.39, 0.29) is 135 Å². The second-order valence-corrected chi connectivity index (χ2v) is 11.5. The Labute approximate surface area is 302 Å². The molecule has 1 fully saturated rings. The second-order valence-electron chi connectivity index (χ2n) is 6.24. The molecule has 0 bridgehead atoms. The number of phosphoric ester groups is 1. The Kier molecular flexibility index (Phi) is 19.7. The first kappa shape index (κ1) is 42.1. The number of nitrogens with two attached hydrogens (primary N) is 1. The van der Waals surface area contributed by atoms with E-state index >= 15 is 0 Å². The van der Waals surface area contributed by atoms with E-state index in [1.54, 1.807) is 0 Å². The van der Waals surface area contributed by atoms with E-state index in [9.17, 15) is 38.6 Å². The molecule has 0 aliphatic carbocycles. The van der Waals surface area contributed by atoms with Crippen LogP contribution in [0.4, 0.5) is 5.82 Å². The Balaban J connectivity index is 0. The van der Waals surface area contributed by atoms with Gasteiger partial charge in [0.1, 0.15) is 30.2 Å². The zero-order chi connectivity index (χ0) is 24.6. The van der Waals surface area contributed by atoms with E-state index in [0.29, 0.717) is 12.0 Å². The molecule has 0 radical (unpaired) electrons. The summed E-state index contributed by atoms with van der Waals surface area (Å²) in [6.45, 7) is -0.926. The van der Waals surface area contributed by atoms with Crippen LogP contribution in [0.5, 0.6) is 0 Å². The van der Waals surface area contributed by atoms with Gasteiger partial charge in [0.2, 0.25) is 0 Å². The van der Waals surface area contributed by atoms with Crippen molar-refractivity contribution in [1.82, 2.24) is 19.5 Å². The Morgan fingerprint density at radius 1 is 1.00 bits per heavy atom. The number of rotatable bonds is 10. The number of anilines is 1. The Morgan fingerprint density at radius 2 is 1.59 bits per heavy atom. The molecular weight excluding hydrogens is 627 g/mol. The molecule has 1 saturated heterocycles. The van der Waals surface area contributed by atoms with Crippen LogP contribution in [0.2, 0.25) is 0 Å². The van der Waals surface area contributed by atoms with Gasteiger partial charge in [0.15, 0.2) is 17.7 Å². The Hall–Kier alpha value is 2.99. The van der Waals surface area contributed by atoms with Gasteiger partial charge in [-0.2, -0.15) is 8.62 Å². The normalized spacial score (nSPS) is 25.8. The third-order valence-electron chi connectivity index (χ3n) is 3.98. The summed E-state index contributed by atoms with van der Waals surface area (Å²) in [6, 6.07) is 0. The molecule has 7 N–H and O–H groups in total. The topological polar surface area (TPSA) is 268 Å². The number of nitrogens with zero attached hydrogens (tertiary/aromatic N) is 4. The van der Waals surface area contributed by atoms with E-state index in [1.807, 2.05) is 0 Å². The van der Waals surface area contributed by atoms with Gasteiger partial charge < -0.3 is 35.4 Å². The number of ether oxygens (including phenoxy) is 1. The van der Waals surface area contributed by atoms with Gasteiger partial charge in [0.05, 0.1) is 12.9 Å². The van der Waals surface area contributed by atoms with Gasteiger partial charge in [-0.15, -0.1) is 0 Å². The number of fused-ring (bicyclic) bond motifs is 1. The first-order valence-corrected chi connectivity index (χ1v) is 14.1. The minimum absolute atomic E-state index is 0. The Morgan fingerprint density at radius 3 is 2.19 bits per heavy atom. The number of hydrogen-bond donors (Lipinski definition) is 6. The number of aromatic nitrogens is 4. The molecule has 0 aromatic carbocycles. The first-order chi connectivity index (χ1) is 15.3. The molecule has 3 unspecified atom stereocenters. The maximum absolute atomic E-state index is 12.0. The van der Waals surface area contributed by atoms with Gasteiger partial charge in [-0.1, -0.05) is 0 Å². The summed E-state index contributed by atoms with van der Waals surface area (Å²) in [7, 11) is -16.1. The molecule has 1 aliphatic rings. The van der Waals surface area contributed by atoms with E-state index < -0.39 is 54.6 Å². The first-order valence-electron chi connectivity index (χ1n) is 8.48. The van der Waals surface area contributed by atoms with Crippen LogP contribution in [0.15, 0.2) is 12.7 Å². The standard InChI is InChI=1S/C11H18N5O13P3S.4Na.4H/c1-33-29-32(23,24)28-31(21,22)27-30(19,20)25-2-5-7(17)8(18)11(26-5)16-4-15-6-9(12)13-3-14-10(6)16;;;;;;;;/h3-5,7-8,11,17-18H,2H2,1H3,(H,19,20)(H,21,22)(H,23,24)(H2,12,13,14);;;;;;;;/t5-,7-,8-,11-;;;;;;;;/m1......../s1. The van der Waals surface area contributed by atoms with Gasteiger partial charge in [-0.3, -0.25) is 9.09 Å². The van der Waals surface area contributed by atoms with E-state index in [2.05, 4.69) is 32.1 Å². The molecule has 26 heteroatoms. The average molecular weight is 649 g/mol. The van der Waals surface area contributed by atoms with Gasteiger partial charge in [-0.25, -0.2) is 32.6 Å². The van der Waals surface area contributed by atoms with Crippen molar-refractivity contribution in [3.05, 3.63) is 12.7 Å². The molecule has 194 valence electrons. The molecule has 0 amide bonds. The van der Waals surface area contributed by atoms with Crippen LogP contribution in [-0.4, -0.2) is 194 Å². The predicted octanol–water partition coefficient (Wildman–Crippen LogP) is -2.92. The molecule has 2 aromatic heterocycles. The van der Waals surface area contributed by atoms with Crippen molar-refractivity contribution in [2.45, 2.75) is 24.5 Å². The molecule has 18 nitrogen and oxygen atoms in total. The summed E-state index contributed by atoms with van der Waals surface area (Å²) in [6.07, 6.45) is -2.41. The molecular formula is C11H22N5Na4O13P3S. The second kappa shape index (κ2) is 17.3. The fourth-order valence-corrected chi connectivity index (χ4v) is 6.83. The number of phosphoric acid groups is 3. The summed E-state index contributed by atoms with van der Waals surface area (Å²) in [5.41, 5.74) is 6.05. The zero-order valence-electron chi connectivity index (χ0n) is 16.3. The fraction of sp³-hybridized carbons (Fsp3) is 0.545. The number of aliphatic hydroxyl groups excluding tert-OH is 2. The molecule has 3 rings (SSSR count). The Bertz CT molecular complexity index is 1170. The number of hydrogen-bond acceptors (Lipinski definition) is 15. The van der Waals surface area contributed by atoms with E-state index in [0.717, 1.165) is 6.33 Å². The number of aliphatic hydroxyl groups is 2. The number of imidazole rings is 1. The molecule has 37 heavy (non-hydrogen) atoms. The predicted molar refractivity (Wildman–Crippen MR) is 136 cm³/mol. The van der Waals surface area contributed by atoms with Gasteiger partial charge in [0.25, 0.3) is 0 Å². The van der Waals surface area contributed by atoms with Crippen LogP contribution in [0.25, 0.3) is 11.2 Å². The zero-order valence-corrected chi connectivity index (χ0v) is 19.8. The summed E-state index contributed by atoms with van der Waals surface area (Å²) in [5.74, 6) is 0.0519. The van der Waals surface area contributed by atoms with Crippen molar-refractivity contribution in [3.63, 3.8) is 0 Å². The number of nitrogen functional groups attached to an aromatic ring is 1. The fourth-order valence-electron chi connectivity index (χ4n) is 2.73. The third kappa shape index (κ3) is 11.5. The average Bonchev–Trinajstić information content (AvgIpc) is 3.21. The maximum atomic E-state index is 12.0. The molecule has 1 aliphatic heterocycles. The van der Waals surface area contributed by atoms with Crippen molar-refractivity contribution in [2.24, 2.45) is 0 Å².